The molecule has 0 heterocycles. The van der Waals surface area contributed by atoms with Crippen LogP contribution in [0.4, 0.5) is 0 Å². The van der Waals surface area contributed by atoms with Crippen LogP contribution in [-0.4, -0.2) is 17.2 Å². The molecule has 89 valence electrons. The lowest BCUT2D eigenvalue weighted by atomic mass is 9.91. The average Bonchev–Trinajstić information content (AvgIpc) is 2.29. The van der Waals surface area contributed by atoms with Crippen LogP contribution in [-0.2, 0) is 19.7 Å². The highest BCUT2D eigenvalue weighted by molar-refractivity contribution is 5.82. The summed E-state index contributed by atoms with van der Waals surface area (Å²) in [6.07, 6.45) is 6.72. The summed E-state index contributed by atoms with van der Waals surface area (Å²) >= 11 is 0. The van der Waals surface area contributed by atoms with Crippen molar-refractivity contribution in [1.82, 2.24) is 0 Å². The van der Waals surface area contributed by atoms with E-state index in [1.165, 1.54) is 12.2 Å². The van der Waals surface area contributed by atoms with E-state index in [2.05, 4.69) is 11.5 Å². The third-order valence-electron chi connectivity index (χ3n) is 2.65. The molecule has 4 heteroatoms. The van der Waals surface area contributed by atoms with Gasteiger partial charge in [0.25, 0.3) is 0 Å². The van der Waals surface area contributed by atoms with Crippen LogP contribution in [0.1, 0.15) is 33.1 Å². The summed E-state index contributed by atoms with van der Waals surface area (Å²) in [7, 11) is 0. The van der Waals surface area contributed by atoms with Gasteiger partial charge in [-0.2, -0.15) is 4.89 Å². The molecule has 0 aromatic carbocycles. The molecule has 0 aromatic rings. The Morgan fingerprint density at radius 1 is 1.56 bits per heavy atom. The number of rotatable bonds is 4. The number of ether oxygens (including phenoxy) is 1. The van der Waals surface area contributed by atoms with E-state index in [0.717, 1.165) is 12.8 Å². The van der Waals surface area contributed by atoms with Crippen LogP contribution in [0.3, 0.4) is 0 Å². The summed E-state index contributed by atoms with van der Waals surface area (Å²) in [5, 5.41) is 10.7. The summed E-state index contributed by atoms with van der Waals surface area (Å²) in [4.78, 5) is 16.0. The van der Waals surface area contributed by atoms with Gasteiger partial charge in [0.2, 0.25) is 5.60 Å². The van der Waals surface area contributed by atoms with Crippen molar-refractivity contribution in [3.05, 3.63) is 24.8 Å². The number of carbonyl (C=O) groups excluding carboxylic acids is 1. The first-order valence-electron chi connectivity index (χ1n) is 5.31. The van der Waals surface area contributed by atoms with Gasteiger partial charge < -0.3 is 4.74 Å². The monoisotopic (exact) mass is 225 g/mol. The van der Waals surface area contributed by atoms with Gasteiger partial charge in [0.1, 0.15) is 5.60 Å². The third-order valence-corrected chi connectivity index (χ3v) is 2.65. The Hall–Kier alpha value is -1.13. The summed E-state index contributed by atoms with van der Waals surface area (Å²) < 4.78 is 5.19. The predicted octanol–water partition coefficient (Wildman–Crippen LogP) is 2.34. The molecule has 0 bridgehead atoms. The Morgan fingerprint density at radius 3 is 2.69 bits per heavy atom. The number of hydrogen-bond donors (Lipinski definition) is 0. The number of hydrogen-bond acceptors (Lipinski definition) is 3. The molecular weight excluding hydrogens is 208 g/mol. The van der Waals surface area contributed by atoms with Crippen molar-refractivity contribution in [1.29, 1.82) is 0 Å². The molecule has 1 atom stereocenters. The Labute approximate surface area is 95.5 Å². The zero-order chi connectivity index (χ0) is 12.2. The predicted molar refractivity (Wildman–Crippen MR) is 57.9 cm³/mol. The summed E-state index contributed by atoms with van der Waals surface area (Å²) in [6.45, 7) is 6.96. The molecule has 0 aromatic heterocycles. The Morgan fingerprint density at radius 2 is 2.25 bits per heavy atom. The fourth-order valence-corrected chi connectivity index (χ4v) is 1.48. The molecule has 1 unspecified atom stereocenters. The first-order chi connectivity index (χ1) is 7.46. The van der Waals surface area contributed by atoms with Gasteiger partial charge in [0.05, 0.1) is 0 Å². The lowest BCUT2D eigenvalue weighted by molar-refractivity contribution is -0.357. The van der Waals surface area contributed by atoms with Crippen LogP contribution in [0.5, 0.6) is 0 Å². The zero-order valence-corrected chi connectivity index (χ0v) is 9.69. The summed E-state index contributed by atoms with van der Waals surface area (Å²) in [5.41, 5.74) is -2.26. The number of carbonyl (C=O) groups is 1. The van der Waals surface area contributed by atoms with Crippen LogP contribution >= 0.6 is 0 Å². The van der Waals surface area contributed by atoms with Crippen LogP contribution in [0.25, 0.3) is 0 Å². The van der Waals surface area contributed by atoms with Gasteiger partial charge in [-0.3, -0.25) is 0 Å². The SMILES string of the molecule is C=CC(C)(C)OC(=O)C1(O[O])C=CCCC1. The van der Waals surface area contributed by atoms with E-state index in [0.29, 0.717) is 6.42 Å². The van der Waals surface area contributed by atoms with Gasteiger partial charge in [0, 0.05) is 0 Å². The van der Waals surface area contributed by atoms with Crippen molar-refractivity contribution < 1.29 is 19.7 Å². The molecule has 0 spiro atoms. The molecule has 4 nitrogen and oxygen atoms in total. The van der Waals surface area contributed by atoms with Gasteiger partial charge in [0.15, 0.2) is 0 Å². The topological polar surface area (TPSA) is 55.4 Å². The minimum Gasteiger partial charge on any atom is -0.453 e. The minimum absolute atomic E-state index is 0.360. The fourth-order valence-electron chi connectivity index (χ4n) is 1.48. The molecule has 1 rings (SSSR count). The van der Waals surface area contributed by atoms with Crippen LogP contribution in [0, 0.1) is 0 Å². The first-order valence-corrected chi connectivity index (χ1v) is 5.31. The van der Waals surface area contributed by atoms with E-state index in [4.69, 9.17) is 4.74 Å². The highest BCUT2D eigenvalue weighted by atomic mass is 17.1. The van der Waals surface area contributed by atoms with Gasteiger partial charge >= 0.3 is 5.97 Å². The molecule has 16 heavy (non-hydrogen) atoms. The van der Waals surface area contributed by atoms with Gasteiger partial charge in [-0.1, -0.05) is 12.7 Å². The maximum atomic E-state index is 11.9. The molecule has 0 aliphatic heterocycles. The molecule has 0 saturated heterocycles. The van der Waals surface area contributed by atoms with E-state index < -0.39 is 17.2 Å². The maximum Gasteiger partial charge on any atom is 0.346 e. The molecule has 1 aliphatic carbocycles. The fraction of sp³-hybridized carbons (Fsp3) is 0.583. The van der Waals surface area contributed by atoms with Crippen molar-refractivity contribution in [3.8, 4) is 0 Å². The van der Waals surface area contributed by atoms with E-state index >= 15 is 0 Å². The van der Waals surface area contributed by atoms with Crippen molar-refractivity contribution in [2.24, 2.45) is 0 Å². The second-order valence-electron chi connectivity index (χ2n) is 4.46. The van der Waals surface area contributed by atoms with Crippen molar-refractivity contribution in [3.63, 3.8) is 0 Å². The molecule has 0 N–H and O–H groups in total. The summed E-state index contributed by atoms with van der Waals surface area (Å²) in [6, 6.07) is 0. The van der Waals surface area contributed by atoms with Crippen LogP contribution < -0.4 is 0 Å². The van der Waals surface area contributed by atoms with Gasteiger partial charge in [-0.15, -0.1) is 0 Å². The van der Waals surface area contributed by atoms with Crippen LogP contribution in [0.2, 0.25) is 0 Å². The van der Waals surface area contributed by atoms with E-state index in [9.17, 15) is 10.1 Å². The molecular formula is C12H17O4. The average molecular weight is 225 g/mol. The minimum atomic E-state index is -1.46. The molecule has 0 amide bonds. The smallest absolute Gasteiger partial charge is 0.346 e. The van der Waals surface area contributed by atoms with Crippen molar-refractivity contribution >= 4 is 5.97 Å². The Bertz CT molecular complexity index is 306. The van der Waals surface area contributed by atoms with E-state index in [1.54, 1.807) is 19.9 Å². The van der Waals surface area contributed by atoms with Crippen molar-refractivity contribution in [2.45, 2.75) is 44.3 Å². The largest absolute Gasteiger partial charge is 0.453 e. The standard InChI is InChI=1S/C12H17O4/c1-4-11(2,3)15-10(13)12(16-14)8-6-5-7-9-12/h4,6,8H,1,5,7,9H2,2-3H3. The lowest BCUT2D eigenvalue weighted by Gasteiger charge is -2.30. The number of allylic oxidation sites excluding steroid dienone is 1. The van der Waals surface area contributed by atoms with E-state index in [-0.39, 0.29) is 0 Å². The highest BCUT2D eigenvalue weighted by Gasteiger charge is 2.43. The van der Waals surface area contributed by atoms with Gasteiger partial charge in [-0.25, -0.2) is 4.79 Å². The summed E-state index contributed by atoms with van der Waals surface area (Å²) in [5.74, 6) is -0.650. The number of esters is 1. The van der Waals surface area contributed by atoms with Crippen LogP contribution in [0.15, 0.2) is 24.8 Å². The Kier molecular flexibility index (Phi) is 3.88. The first kappa shape index (κ1) is 12.9. The molecule has 0 saturated carbocycles. The maximum absolute atomic E-state index is 11.9. The van der Waals surface area contributed by atoms with Crippen molar-refractivity contribution in [2.75, 3.05) is 0 Å². The second kappa shape index (κ2) is 4.80. The van der Waals surface area contributed by atoms with Gasteiger partial charge in [-0.05, 0) is 50.5 Å². The quantitative estimate of drug-likeness (QED) is 0.319. The van der Waals surface area contributed by atoms with E-state index in [1.807, 2.05) is 0 Å². The zero-order valence-electron chi connectivity index (χ0n) is 9.69. The highest BCUT2D eigenvalue weighted by Crippen LogP contribution is 2.29. The lowest BCUT2D eigenvalue weighted by Crippen LogP contribution is -2.44. The normalized spacial score (nSPS) is 25.2. The third kappa shape index (κ3) is 2.71. The molecule has 1 radical (unpaired) electrons. The second-order valence-corrected chi connectivity index (χ2v) is 4.46. The molecule has 0 fully saturated rings. The Balaban J connectivity index is 2.81. The molecule has 1 aliphatic rings.